The van der Waals surface area contributed by atoms with Gasteiger partial charge in [0, 0.05) is 25.6 Å². The van der Waals surface area contributed by atoms with Crippen LogP contribution in [0.1, 0.15) is 45.4 Å². The molecular formula is C13H25NO3. The van der Waals surface area contributed by atoms with Crippen LogP contribution in [0.25, 0.3) is 0 Å². The normalized spacial score (nSPS) is 18.2. The maximum atomic E-state index is 10.9. The molecule has 0 heterocycles. The van der Waals surface area contributed by atoms with Crippen molar-refractivity contribution >= 4 is 6.09 Å². The van der Waals surface area contributed by atoms with Gasteiger partial charge >= 0.3 is 6.09 Å². The molecule has 100 valence electrons. The van der Waals surface area contributed by atoms with E-state index in [1.165, 1.54) is 17.7 Å². The van der Waals surface area contributed by atoms with E-state index in [0.29, 0.717) is 13.2 Å². The predicted octanol–water partition coefficient (Wildman–Crippen LogP) is 2.97. The average Bonchev–Trinajstić information content (AvgIpc) is 2.73. The number of hydrogen-bond acceptors (Lipinski definition) is 2. The van der Waals surface area contributed by atoms with Gasteiger partial charge in [0.05, 0.1) is 6.61 Å². The summed E-state index contributed by atoms with van der Waals surface area (Å²) < 4.78 is 5.72. The topological polar surface area (TPSA) is 49.8 Å². The first-order valence-corrected chi connectivity index (χ1v) is 6.61. The SMILES string of the molecule is CCCCOCC1(CN(C)C(=O)O)CCCC1. The third-order valence-corrected chi connectivity index (χ3v) is 3.61. The van der Waals surface area contributed by atoms with E-state index < -0.39 is 6.09 Å². The van der Waals surface area contributed by atoms with Gasteiger partial charge in [-0.25, -0.2) is 4.79 Å². The lowest BCUT2D eigenvalue weighted by Crippen LogP contribution is -2.39. The Hall–Kier alpha value is -0.770. The molecule has 0 spiro atoms. The van der Waals surface area contributed by atoms with Gasteiger partial charge < -0.3 is 14.7 Å². The molecule has 0 aliphatic heterocycles. The molecule has 0 atom stereocenters. The Morgan fingerprint density at radius 1 is 1.41 bits per heavy atom. The highest BCUT2D eigenvalue weighted by atomic mass is 16.5. The van der Waals surface area contributed by atoms with E-state index in [9.17, 15) is 4.79 Å². The van der Waals surface area contributed by atoms with E-state index in [-0.39, 0.29) is 5.41 Å². The van der Waals surface area contributed by atoms with Crippen LogP contribution in [0.3, 0.4) is 0 Å². The first kappa shape index (κ1) is 14.3. The molecule has 1 aliphatic rings. The van der Waals surface area contributed by atoms with Crippen molar-refractivity contribution in [1.82, 2.24) is 4.90 Å². The Morgan fingerprint density at radius 3 is 2.59 bits per heavy atom. The van der Waals surface area contributed by atoms with E-state index in [2.05, 4.69) is 6.92 Å². The molecule has 1 saturated carbocycles. The van der Waals surface area contributed by atoms with Crippen molar-refractivity contribution in [3.8, 4) is 0 Å². The number of unbranched alkanes of at least 4 members (excludes halogenated alkanes) is 1. The van der Waals surface area contributed by atoms with Crippen LogP contribution in [0.5, 0.6) is 0 Å². The molecule has 4 heteroatoms. The van der Waals surface area contributed by atoms with E-state index in [1.807, 2.05) is 0 Å². The summed E-state index contributed by atoms with van der Waals surface area (Å²) in [4.78, 5) is 12.3. The maximum Gasteiger partial charge on any atom is 0.407 e. The van der Waals surface area contributed by atoms with Crippen LogP contribution >= 0.6 is 0 Å². The summed E-state index contributed by atoms with van der Waals surface area (Å²) in [7, 11) is 1.65. The summed E-state index contributed by atoms with van der Waals surface area (Å²) in [6.45, 7) is 4.26. The Balaban J connectivity index is 2.42. The Labute approximate surface area is 104 Å². The molecule has 1 N–H and O–H groups in total. The molecule has 0 bridgehead atoms. The van der Waals surface area contributed by atoms with Crippen LogP contribution in [-0.4, -0.2) is 42.9 Å². The fourth-order valence-electron chi connectivity index (χ4n) is 2.58. The van der Waals surface area contributed by atoms with Crippen LogP contribution in [0, 0.1) is 5.41 Å². The summed E-state index contributed by atoms with van der Waals surface area (Å²) in [5.41, 5.74) is 0.0703. The quantitative estimate of drug-likeness (QED) is 0.699. The average molecular weight is 243 g/mol. The number of amides is 1. The summed E-state index contributed by atoms with van der Waals surface area (Å²) in [6, 6.07) is 0. The lowest BCUT2D eigenvalue weighted by molar-refractivity contribution is 0.0272. The first-order chi connectivity index (χ1) is 8.09. The monoisotopic (exact) mass is 243 g/mol. The Morgan fingerprint density at radius 2 is 2.06 bits per heavy atom. The van der Waals surface area contributed by atoms with Crippen molar-refractivity contribution in [2.24, 2.45) is 5.41 Å². The van der Waals surface area contributed by atoms with E-state index >= 15 is 0 Å². The van der Waals surface area contributed by atoms with E-state index in [4.69, 9.17) is 9.84 Å². The fraction of sp³-hybridized carbons (Fsp3) is 0.923. The van der Waals surface area contributed by atoms with Gasteiger partial charge in [-0.15, -0.1) is 0 Å². The molecule has 17 heavy (non-hydrogen) atoms. The molecule has 1 fully saturated rings. The van der Waals surface area contributed by atoms with Gasteiger partial charge in [-0.05, 0) is 19.3 Å². The standard InChI is InChI=1S/C13H25NO3/c1-3-4-9-17-11-13(7-5-6-8-13)10-14(2)12(15)16/h3-11H2,1-2H3,(H,15,16). The second-order valence-corrected chi connectivity index (χ2v) is 5.25. The predicted molar refractivity (Wildman–Crippen MR) is 67.3 cm³/mol. The van der Waals surface area contributed by atoms with Gasteiger partial charge in [-0.3, -0.25) is 0 Å². The molecule has 4 nitrogen and oxygen atoms in total. The maximum absolute atomic E-state index is 10.9. The summed E-state index contributed by atoms with van der Waals surface area (Å²) in [5.74, 6) is 0. The van der Waals surface area contributed by atoms with Gasteiger partial charge in [0.1, 0.15) is 0 Å². The van der Waals surface area contributed by atoms with Crippen LogP contribution in [-0.2, 0) is 4.74 Å². The minimum absolute atomic E-state index is 0.0703. The van der Waals surface area contributed by atoms with Gasteiger partial charge in [0.25, 0.3) is 0 Å². The van der Waals surface area contributed by atoms with E-state index in [0.717, 1.165) is 32.3 Å². The van der Waals surface area contributed by atoms with Crippen LogP contribution in [0.4, 0.5) is 4.79 Å². The highest BCUT2D eigenvalue weighted by Crippen LogP contribution is 2.39. The summed E-state index contributed by atoms with van der Waals surface area (Å²) in [5, 5.41) is 8.95. The van der Waals surface area contributed by atoms with Crippen LogP contribution < -0.4 is 0 Å². The highest BCUT2D eigenvalue weighted by molar-refractivity contribution is 5.64. The van der Waals surface area contributed by atoms with Gasteiger partial charge in [-0.2, -0.15) is 0 Å². The molecule has 0 unspecified atom stereocenters. The lowest BCUT2D eigenvalue weighted by atomic mass is 9.86. The van der Waals surface area contributed by atoms with Crippen molar-refractivity contribution in [3.63, 3.8) is 0 Å². The number of carbonyl (C=O) groups is 1. The third kappa shape index (κ3) is 4.54. The Kier molecular flexibility index (Phi) is 5.75. The third-order valence-electron chi connectivity index (χ3n) is 3.61. The molecule has 0 aromatic rings. The molecule has 0 aromatic carbocycles. The molecule has 0 aromatic heterocycles. The summed E-state index contributed by atoms with van der Waals surface area (Å²) >= 11 is 0. The minimum atomic E-state index is -0.843. The van der Waals surface area contributed by atoms with Gasteiger partial charge in [0.2, 0.25) is 0 Å². The number of nitrogens with zero attached hydrogens (tertiary/aromatic N) is 1. The molecule has 0 radical (unpaired) electrons. The number of ether oxygens (including phenoxy) is 1. The molecule has 0 saturated heterocycles. The van der Waals surface area contributed by atoms with Crippen molar-refractivity contribution in [2.45, 2.75) is 45.4 Å². The van der Waals surface area contributed by atoms with Crippen molar-refractivity contribution in [2.75, 3.05) is 26.8 Å². The fourth-order valence-corrected chi connectivity index (χ4v) is 2.58. The number of hydrogen-bond donors (Lipinski definition) is 1. The highest BCUT2D eigenvalue weighted by Gasteiger charge is 2.36. The molecular weight excluding hydrogens is 218 g/mol. The largest absolute Gasteiger partial charge is 0.465 e. The van der Waals surface area contributed by atoms with Crippen molar-refractivity contribution in [3.05, 3.63) is 0 Å². The van der Waals surface area contributed by atoms with Crippen LogP contribution in [0.15, 0.2) is 0 Å². The van der Waals surface area contributed by atoms with Crippen LogP contribution in [0.2, 0.25) is 0 Å². The summed E-state index contributed by atoms with van der Waals surface area (Å²) in [6.07, 6.45) is 5.97. The molecule has 1 rings (SSSR count). The first-order valence-electron chi connectivity index (χ1n) is 6.61. The van der Waals surface area contributed by atoms with E-state index in [1.54, 1.807) is 7.05 Å². The van der Waals surface area contributed by atoms with Gasteiger partial charge in [-0.1, -0.05) is 26.2 Å². The number of carboxylic acid groups (broad SMARTS) is 1. The second-order valence-electron chi connectivity index (χ2n) is 5.25. The second kappa shape index (κ2) is 6.84. The Bertz CT molecular complexity index is 237. The number of rotatable bonds is 7. The zero-order valence-electron chi connectivity index (χ0n) is 11.1. The molecule has 1 aliphatic carbocycles. The van der Waals surface area contributed by atoms with Crippen molar-refractivity contribution in [1.29, 1.82) is 0 Å². The smallest absolute Gasteiger partial charge is 0.407 e. The zero-order valence-corrected chi connectivity index (χ0v) is 11.1. The lowest BCUT2D eigenvalue weighted by Gasteiger charge is -2.32. The molecule has 1 amide bonds. The van der Waals surface area contributed by atoms with Gasteiger partial charge in [0.15, 0.2) is 0 Å². The van der Waals surface area contributed by atoms with Crippen molar-refractivity contribution < 1.29 is 14.6 Å². The minimum Gasteiger partial charge on any atom is -0.465 e. The zero-order chi connectivity index (χ0) is 12.7.